The van der Waals surface area contributed by atoms with Gasteiger partial charge in [0.15, 0.2) is 0 Å². The van der Waals surface area contributed by atoms with Crippen LogP contribution in [0.5, 0.6) is 0 Å². The van der Waals surface area contributed by atoms with Crippen LogP contribution in [0.15, 0.2) is 59.5 Å². The highest BCUT2D eigenvalue weighted by molar-refractivity contribution is 7.92. The van der Waals surface area contributed by atoms with Crippen molar-refractivity contribution in [3.8, 4) is 0 Å². The maximum Gasteiger partial charge on any atom is 0.264 e. The van der Waals surface area contributed by atoms with Crippen LogP contribution in [-0.4, -0.2) is 27.4 Å². The van der Waals surface area contributed by atoms with E-state index in [1.165, 1.54) is 23.5 Å². The van der Waals surface area contributed by atoms with E-state index in [2.05, 4.69) is 5.32 Å². The molecule has 0 aromatic heterocycles. The largest absolute Gasteiger partial charge is 0.325 e. The lowest BCUT2D eigenvalue weighted by atomic mass is 10.0. The number of nitrogens with zero attached hydrogens (tertiary/aromatic N) is 1. The fraction of sp³-hybridized carbons (Fsp3) is 0.316. The average molecular weight is 375 g/mol. The van der Waals surface area contributed by atoms with Crippen molar-refractivity contribution in [3.63, 3.8) is 0 Å². The van der Waals surface area contributed by atoms with Crippen LogP contribution in [0.4, 0.5) is 11.4 Å². The highest BCUT2D eigenvalue weighted by atomic mass is 32.2. The topological polar surface area (TPSA) is 92.5 Å². The Kier molecular flexibility index (Phi) is 6.39. The van der Waals surface area contributed by atoms with Crippen LogP contribution >= 0.6 is 0 Å². The number of hydrogen-bond acceptors (Lipinski definition) is 4. The minimum absolute atomic E-state index is 0.0964. The molecule has 0 saturated heterocycles. The zero-order valence-corrected chi connectivity index (χ0v) is 16.0. The van der Waals surface area contributed by atoms with E-state index < -0.39 is 16.1 Å². The van der Waals surface area contributed by atoms with Gasteiger partial charge in [-0.05, 0) is 42.7 Å². The monoisotopic (exact) mass is 375 g/mol. The summed E-state index contributed by atoms with van der Waals surface area (Å²) in [5.74, 6) is -0.0355. The van der Waals surface area contributed by atoms with Crippen LogP contribution < -0.4 is 15.4 Å². The molecule has 0 heterocycles. The number of hydrogen-bond donors (Lipinski definition) is 2. The molecule has 1 atom stereocenters. The highest BCUT2D eigenvalue weighted by Crippen LogP contribution is 2.23. The third kappa shape index (κ3) is 4.83. The lowest BCUT2D eigenvalue weighted by molar-refractivity contribution is -0.117. The van der Waals surface area contributed by atoms with Gasteiger partial charge in [0.1, 0.15) is 0 Å². The second-order valence-electron chi connectivity index (χ2n) is 6.56. The molecule has 0 fully saturated rings. The summed E-state index contributed by atoms with van der Waals surface area (Å²) in [6.45, 7) is 3.97. The molecule has 26 heavy (non-hydrogen) atoms. The normalized spacial score (nSPS) is 12.7. The Bertz CT molecular complexity index is 851. The molecule has 2 aromatic carbocycles. The molecular formula is C19H25N3O3S. The fourth-order valence-electron chi connectivity index (χ4n) is 2.52. The van der Waals surface area contributed by atoms with Crippen molar-refractivity contribution in [2.75, 3.05) is 16.7 Å². The molecule has 140 valence electrons. The Hall–Kier alpha value is -2.38. The summed E-state index contributed by atoms with van der Waals surface area (Å²) >= 11 is 0. The second kappa shape index (κ2) is 8.33. The Labute approximate surface area is 155 Å². The first-order valence-electron chi connectivity index (χ1n) is 8.42. The molecule has 1 amide bonds. The molecule has 3 N–H and O–H groups in total. The van der Waals surface area contributed by atoms with Gasteiger partial charge in [-0.3, -0.25) is 9.10 Å². The van der Waals surface area contributed by atoms with E-state index >= 15 is 0 Å². The van der Waals surface area contributed by atoms with Crippen molar-refractivity contribution in [1.82, 2.24) is 0 Å². The first-order valence-corrected chi connectivity index (χ1v) is 9.86. The molecule has 0 bridgehead atoms. The number of sulfonamides is 1. The lowest BCUT2D eigenvalue weighted by Crippen LogP contribution is -2.36. The molecule has 2 rings (SSSR count). The molecule has 0 unspecified atom stereocenters. The Morgan fingerprint density at radius 1 is 1.12 bits per heavy atom. The van der Waals surface area contributed by atoms with Gasteiger partial charge in [0, 0.05) is 12.7 Å². The molecule has 0 aliphatic heterocycles. The lowest BCUT2D eigenvalue weighted by Gasteiger charge is -2.20. The van der Waals surface area contributed by atoms with E-state index in [-0.39, 0.29) is 10.8 Å². The number of benzene rings is 2. The summed E-state index contributed by atoms with van der Waals surface area (Å²) in [6, 6.07) is 14.3. The molecule has 0 saturated carbocycles. The highest BCUT2D eigenvalue weighted by Gasteiger charge is 2.22. The van der Waals surface area contributed by atoms with Crippen molar-refractivity contribution < 1.29 is 13.2 Å². The van der Waals surface area contributed by atoms with Gasteiger partial charge in [-0.15, -0.1) is 0 Å². The fourth-order valence-corrected chi connectivity index (χ4v) is 3.76. The molecule has 6 nitrogen and oxygen atoms in total. The predicted octanol–water partition coefficient (Wildman–Crippen LogP) is 2.82. The van der Waals surface area contributed by atoms with E-state index in [0.717, 1.165) is 0 Å². The molecule has 0 aliphatic carbocycles. The van der Waals surface area contributed by atoms with Crippen molar-refractivity contribution >= 4 is 27.3 Å². The summed E-state index contributed by atoms with van der Waals surface area (Å²) in [7, 11) is -2.24. The number of amides is 1. The minimum Gasteiger partial charge on any atom is -0.325 e. The summed E-state index contributed by atoms with van der Waals surface area (Å²) < 4.78 is 26.9. The molecule has 7 heteroatoms. The van der Waals surface area contributed by atoms with Crippen LogP contribution in [0.2, 0.25) is 0 Å². The van der Waals surface area contributed by atoms with E-state index in [1.807, 2.05) is 19.9 Å². The quantitative estimate of drug-likeness (QED) is 0.778. The number of nitrogens with one attached hydrogen (secondary N) is 1. The third-order valence-corrected chi connectivity index (χ3v) is 5.72. The molecule has 0 aliphatic rings. The van der Waals surface area contributed by atoms with Crippen LogP contribution in [-0.2, 0) is 14.8 Å². The summed E-state index contributed by atoms with van der Waals surface area (Å²) in [4.78, 5) is 12.3. The number of nitrogens with two attached hydrogens (primary N) is 1. The van der Waals surface area contributed by atoms with E-state index in [4.69, 9.17) is 5.73 Å². The van der Waals surface area contributed by atoms with E-state index in [0.29, 0.717) is 23.7 Å². The van der Waals surface area contributed by atoms with Crippen LogP contribution in [0, 0.1) is 5.92 Å². The van der Waals surface area contributed by atoms with Crippen LogP contribution in [0.25, 0.3) is 0 Å². The van der Waals surface area contributed by atoms with E-state index in [1.54, 1.807) is 36.4 Å². The van der Waals surface area contributed by atoms with Gasteiger partial charge in [-0.2, -0.15) is 0 Å². The standard InChI is InChI=1S/C19H25N3O3S/c1-14(2)12-18(20)19(23)21-15-8-7-11-17(13-15)26(24,25)22(3)16-9-5-4-6-10-16/h4-11,13-14,18H,12,20H2,1-3H3,(H,21,23)/t18-/m0/s1. The van der Waals surface area contributed by atoms with Crippen molar-refractivity contribution in [3.05, 3.63) is 54.6 Å². The molecule has 0 spiro atoms. The van der Waals surface area contributed by atoms with Gasteiger partial charge in [0.2, 0.25) is 5.91 Å². The first-order chi connectivity index (χ1) is 12.2. The van der Waals surface area contributed by atoms with Gasteiger partial charge in [0.05, 0.1) is 16.6 Å². The summed E-state index contributed by atoms with van der Waals surface area (Å²) in [6.07, 6.45) is 0.556. The van der Waals surface area contributed by atoms with Crippen LogP contribution in [0.1, 0.15) is 20.3 Å². The predicted molar refractivity (Wildman–Crippen MR) is 105 cm³/mol. The smallest absolute Gasteiger partial charge is 0.264 e. The number of anilines is 2. The molecular weight excluding hydrogens is 350 g/mol. The molecule has 0 radical (unpaired) electrons. The summed E-state index contributed by atoms with van der Waals surface area (Å²) in [5.41, 5.74) is 6.83. The van der Waals surface area contributed by atoms with Crippen molar-refractivity contribution in [2.45, 2.75) is 31.2 Å². The van der Waals surface area contributed by atoms with E-state index in [9.17, 15) is 13.2 Å². The Balaban J connectivity index is 2.21. The van der Waals surface area contributed by atoms with Gasteiger partial charge in [-0.25, -0.2) is 8.42 Å². The Morgan fingerprint density at radius 3 is 2.38 bits per heavy atom. The zero-order valence-electron chi connectivity index (χ0n) is 15.2. The SMILES string of the molecule is CC(C)C[C@H](N)C(=O)Nc1cccc(S(=O)(=O)N(C)c2ccccc2)c1. The van der Waals surface area contributed by atoms with Gasteiger partial charge in [-0.1, -0.05) is 38.1 Å². The van der Waals surface area contributed by atoms with Gasteiger partial charge in [0.25, 0.3) is 10.0 Å². The summed E-state index contributed by atoms with van der Waals surface area (Å²) in [5, 5.41) is 2.69. The first kappa shape index (κ1) is 19.9. The number of carbonyl (C=O) groups is 1. The number of rotatable bonds is 7. The van der Waals surface area contributed by atoms with Crippen molar-refractivity contribution in [2.24, 2.45) is 11.7 Å². The van der Waals surface area contributed by atoms with Crippen LogP contribution in [0.3, 0.4) is 0 Å². The van der Waals surface area contributed by atoms with Crippen molar-refractivity contribution in [1.29, 1.82) is 0 Å². The number of carbonyl (C=O) groups excluding carboxylic acids is 1. The average Bonchev–Trinajstić information content (AvgIpc) is 2.61. The second-order valence-corrected chi connectivity index (χ2v) is 8.53. The number of para-hydroxylation sites is 1. The zero-order chi connectivity index (χ0) is 19.3. The maximum atomic E-state index is 12.8. The Morgan fingerprint density at radius 2 is 1.77 bits per heavy atom. The maximum absolute atomic E-state index is 12.8. The van der Waals surface area contributed by atoms with Gasteiger partial charge < -0.3 is 11.1 Å². The van der Waals surface area contributed by atoms with Gasteiger partial charge >= 0.3 is 0 Å². The third-order valence-electron chi connectivity index (χ3n) is 3.94. The molecule has 2 aromatic rings. The minimum atomic E-state index is -3.74.